The van der Waals surface area contributed by atoms with Crippen LogP contribution in [-0.4, -0.2) is 47.4 Å². The number of nitrogens with one attached hydrogen (secondary N) is 1. The molecule has 0 bridgehead atoms. The molecule has 9 heteroatoms. The number of rotatable bonds is 6. The molecule has 1 aliphatic rings. The maximum Gasteiger partial charge on any atom is 0.496 e. The van der Waals surface area contributed by atoms with Crippen molar-refractivity contribution < 1.29 is 28.4 Å². The molecule has 1 N–H and O–H groups in total. The van der Waals surface area contributed by atoms with Crippen molar-refractivity contribution in [1.29, 1.82) is 0 Å². The molecule has 0 aliphatic carbocycles. The normalized spacial score (nSPS) is 17.7. The van der Waals surface area contributed by atoms with Crippen molar-refractivity contribution in [2.75, 3.05) is 11.9 Å². The second-order valence-corrected chi connectivity index (χ2v) is 9.07. The Kier molecular flexibility index (Phi) is 6.64. The number of anilines is 1. The molecular weight excluding hydrogens is 375 g/mol. The van der Waals surface area contributed by atoms with E-state index < -0.39 is 35.9 Å². The second kappa shape index (κ2) is 8.32. The van der Waals surface area contributed by atoms with Gasteiger partial charge in [-0.1, -0.05) is 0 Å². The van der Waals surface area contributed by atoms with E-state index in [1.165, 1.54) is 6.92 Å². The number of nitrogens with zero attached hydrogens (tertiary/aromatic N) is 1. The van der Waals surface area contributed by atoms with Crippen molar-refractivity contribution >= 4 is 30.2 Å². The number of esters is 2. The summed E-state index contributed by atoms with van der Waals surface area (Å²) in [5, 5.41) is 3.03. The summed E-state index contributed by atoms with van der Waals surface area (Å²) in [5.74, 6) is -0.822. The maximum atomic E-state index is 12.1. The number of carbonyl (C=O) groups excluding carboxylic acids is 2. The Balaban J connectivity index is 2.22. The first-order valence-corrected chi connectivity index (χ1v) is 9.64. The fraction of sp³-hybridized carbons (Fsp3) is 0.650. The molecule has 1 aromatic heterocycles. The molecule has 0 unspecified atom stereocenters. The van der Waals surface area contributed by atoms with Crippen LogP contribution in [0.4, 0.5) is 5.69 Å². The van der Waals surface area contributed by atoms with Gasteiger partial charge < -0.3 is 24.1 Å². The first-order chi connectivity index (χ1) is 13.2. The van der Waals surface area contributed by atoms with Gasteiger partial charge in [0.15, 0.2) is 0 Å². The molecule has 1 saturated heterocycles. The quantitative estimate of drug-likeness (QED) is 0.568. The standard InChI is InChI=1S/C20H31BN2O6/c1-13(24)26-12-16-15(23-11-17(25)27-18(2,3)4)9-14(10-22-16)21-28-19(5,6)20(7,8)29-21/h9-10,23H,11-12H2,1-8H3. The molecule has 0 spiro atoms. The molecule has 1 fully saturated rings. The fourth-order valence-corrected chi connectivity index (χ4v) is 2.60. The summed E-state index contributed by atoms with van der Waals surface area (Å²) in [7, 11) is -0.600. The van der Waals surface area contributed by atoms with Gasteiger partial charge in [-0.25, -0.2) is 0 Å². The molecule has 160 valence electrons. The van der Waals surface area contributed by atoms with Gasteiger partial charge in [0.2, 0.25) is 0 Å². The molecule has 1 aromatic rings. The summed E-state index contributed by atoms with van der Waals surface area (Å²) in [6, 6.07) is 1.79. The minimum absolute atomic E-state index is 0.0182. The molecule has 2 heterocycles. The minimum atomic E-state index is -0.600. The summed E-state index contributed by atoms with van der Waals surface area (Å²) in [4.78, 5) is 27.7. The van der Waals surface area contributed by atoms with E-state index in [9.17, 15) is 9.59 Å². The summed E-state index contributed by atoms with van der Waals surface area (Å²) in [6.07, 6.45) is 1.62. The van der Waals surface area contributed by atoms with Crippen LogP contribution in [-0.2, 0) is 35.0 Å². The van der Waals surface area contributed by atoms with Gasteiger partial charge >= 0.3 is 19.1 Å². The monoisotopic (exact) mass is 406 g/mol. The van der Waals surface area contributed by atoms with Gasteiger partial charge in [0.1, 0.15) is 24.4 Å². The van der Waals surface area contributed by atoms with E-state index in [0.717, 1.165) is 0 Å². The van der Waals surface area contributed by atoms with Crippen LogP contribution in [0.2, 0.25) is 0 Å². The Morgan fingerprint density at radius 1 is 1.17 bits per heavy atom. The van der Waals surface area contributed by atoms with Crippen molar-refractivity contribution in [3.05, 3.63) is 18.0 Å². The Labute approximate surface area is 172 Å². The predicted octanol–water partition coefficient (Wildman–Crippen LogP) is 2.20. The Morgan fingerprint density at radius 2 is 1.76 bits per heavy atom. The molecule has 1 aliphatic heterocycles. The highest BCUT2D eigenvalue weighted by atomic mass is 16.7. The highest BCUT2D eigenvalue weighted by molar-refractivity contribution is 6.62. The average Bonchev–Trinajstić information content (AvgIpc) is 2.77. The first kappa shape index (κ1) is 23.2. The molecule has 0 amide bonds. The number of hydrogen-bond donors (Lipinski definition) is 1. The van der Waals surface area contributed by atoms with Crippen molar-refractivity contribution in [2.45, 2.75) is 78.8 Å². The third-order valence-electron chi connectivity index (χ3n) is 4.77. The molecule has 0 atom stereocenters. The average molecular weight is 406 g/mol. The summed E-state index contributed by atoms with van der Waals surface area (Å²) >= 11 is 0. The highest BCUT2D eigenvalue weighted by Crippen LogP contribution is 2.36. The van der Waals surface area contributed by atoms with Gasteiger partial charge in [0, 0.05) is 18.6 Å². The molecule has 8 nitrogen and oxygen atoms in total. The molecule has 29 heavy (non-hydrogen) atoms. The Bertz CT molecular complexity index is 757. The van der Waals surface area contributed by atoms with Crippen LogP contribution in [0.3, 0.4) is 0 Å². The molecule has 0 aromatic carbocycles. The summed E-state index contributed by atoms with van der Waals surface area (Å²) < 4.78 is 22.5. The van der Waals surface area contributed by atoms with Crippen LogP contribution in [0.1, 0.15) is 61.1 Å². The number of hydrogen-bond acceptors (Lipinski definition) is 8. The lowest BCUT2D eigenvalue weighted by atomic mass is 9.80. The minimum Gasteiger partial charge on any atom is -0.459 e. The zero-order valence-electron chi connectivity index (χ0n) is 18.5. The maximum absolute atomic E-state index is 12.1. The van der Waals surface area contributed by atoms with E-state index in [1.807, 2.05) is 27.7 Å². The van der Waals surface area contributed by atoms with E-state index in [0.29, 0.717) is 16.8 Å². The number of carbonyl (C=O) groups is 2. The second-order valence-electron chi connectivity index (χ2n) is 9.07. The molecule has 0 saturated carbocycles. The molecule has 0 radical (unpaired) electrons. The van der Waals surface area contributed by atoms with E-state index in [2.05, 4.69) is 10.3 Å². The van der Waals surface area contributed by atoms with E-state index in [-0.39, 0.29) is 13.2 Å². The largest absolute Gasteiger partial charge is 0.496 e. The van der Waals surface area contributed by atoms with Gasteiger partial charge in [-0.05, 0) is 54.5 Å². The SMILES string of the molecule is CC(=O)OCc1ncc(B2OC(C)(C)C(C)(C)O2)cc1NCC(=O)OC(C)(C)C. The smallest absolute Gasteiger partial charge is 0.459 e. The van der Waals surface area contributed by atoms with Crippen LogP contribution in [0.5, 0.6) is 0 Å². The van der Waals surface area contributed by atoms with Gasteiger partial charge in [-0.3, -0.25) is 14.6 Å². The van der Waals surface area contributed by atoms with E-state index >= 15 is 0 Å². The number of ether oxygens (including phenoxy) is 2. The summed E-state index contributed by atoms with van der Waals surface area (Å²) in [5.41, 5.74) is 0.175. The van der Waals surface area contributed by atoms with Crippen LogP contribution in [0.25, 0.3) is 0 Å². The van der Waals surface area contributed by atoms with Crippen LogP contribution < -0.4 is 10.8 Å². The van der Waals surface area contributed by atoms with Gasteiger partial charge in [0.05, 0.1) is 16.9 Å². The van der Waals surface area contributed by atoms with Gasteiger partial charge in [-0.15, -0.1) is 0 Å². The number of pyridine rings is 1. The lowest BCUT2D eigenvalue weighted by Gasteiger charge is -2.32. The number of aromatic nitrogens is 1. The zero-order chi connectivity index (χ0) is 22.0. The van der Waals surface area contributed by atoms with Crippen LogP contribution in [0, 0.1) is 0 Å². The van der Waals surface area contributed by atoms with Gasteiger partial charge in [-0.2, -0.15) is 0 Å². The van der Waals surface area contributed by atoms with E-state index in [1.54, 1.807) is 33.0 Å². The van der Waals surface area contributed by atoms with Crippen molar-refractivity contribution in [3.8, 4) is 0 Å². The lowest BCUT2D eigenvalue weighted by molar-refractivity contribution is -0.152. The first-order valence-electron chi connectivity index (χ1n) is 9.64. The molecule has 2 rings (SSSR count). The third-order valence-corrected chi connectivity index (χ3v) is 4.77. The van der Waals surface area contributed by atoms with Crippen molar-refractivity contribution in [3.63, 3.8) is 0 Å². The Hall–Kier alpha value is -2.13. The van der Waals surface area contributed by atoms with Crippen molar-refractivity contribution in [1.82, 2.24) is 4.98 Å². The highest BCUT2D eigenvalue weighted by Gasteiger charge is 2.51. The van der Waals surface area contributed by atoms with Crippen LogP contribution in [0.15, 0.2) is 12.3 Å². The molecular formula is C20H31BN2O6. The van der Waals surface area contributed by atoms with Gasteiger partial charge in [0.25, 0.3) is 0 Å². The van der Waals surface area contributed by atoms with E-state index in [4.69, 9.17) is 18.8 Å². The van der Waals surface area contributed by atoms with Crippen LogP contribution >= 0.6 is 0 Å². The predicted molar refractivity (Wildman–Crippen MR) is 110 cm³/mol. The van der Waals surface area contributed by atoms with Crippen molar-refractivity contribution in [2.24, 2.45) is 0 Å². The topological polar surface area (TPSA) is 96.0 Å². The fourth-order valence-electron chi connectivity index (χ4n) is 2.60. The lowest BCUT2D eigenvalue weighted by Crippen LogP contribution is -2.41. The Morgan fingerprint density at radius 3 is 2.28 bits per heavy atom. The zero-order valence-corrected chi connectivity index (χ0v) is 18.5. The third kappa shape index (κ3) is 6.17. The summed E-state index contributed by atoms with van der Waals surface area (Å²) in [6.45, 7) is 14.5.